The maximum atomic E-state index is 13.1. The fourth-order valence-corrected chi connectivity index (χ4v) is 2.54. The van der Waals surface area contributed by atoms with Crippen molar-refractivity contribution in [1.29, 1.82) is 0 Å². The average molecular weight is 346 g/mol. The third-order valence-electron chi connectivity index (χ3n) is 3.88. The van der Waals surface area contributed by atoms with Crippen molar-refractivity contribution in [2.45, 2.75) is 0 Å². The molecule has 2 heterocycles. The summed E-state index contributed by atoms with van der Waals surface area (Å²) in [6.07, 6.45) is 0. The van der Waals surface area contributed by atoms with Crippen LogP contribution in [-0.2, 0) is 0 Å². The third kappa shape index (κ3) is 4.09. The summed E-state index contributed by atoms with van der Waals surface area (Å²) in [6, 6.07) is 9.22. The van der Waals surface area contributed by atoms with Crippen molar-refractivity contribution < 1.29 is 18.4 Å². The lowest BCUT2D eigenvalue weighted by Gasteiger charge is -2.34. The van der Waals surface area contributed by atoms with Crippen LogP contribution in [0.1, 0.15) is 10.5 Å². The second-order valence-corrected chi connectivity index (χ2v) is 5.56. The number of nitrogens with zero attached hydrogens (tertiary/aromatic N) is 3. The minimum atomic E-state index is -0.705. The Hall–Kier alpha value is -3.03. The molecule has 0 atom stereocenters. The molecule has 8 heteroatoms. The molecular weight excluding hydrogens is 330 g/mol. The maximum absolute atomic E-state index is 13.1. The number of urea groups is 1. The van der Waals surface area contributed by atoms with Gasteiger partial charge in [-0.25, -0.2) is 14.2 Å². The number of rotatable bonds is 2. The summed E-state index contributed by atoms with van der Waals surface area (Å²) in [5.74, 6) is -1.45. The smallest absolute Gasteiger partial charge is 0.321 e. The van der Waals surface area contributed by atoms with Gasteiger partial charge >= 0.3 is 6.03 Å². The first kappa shape index (κ1) is 16.8. The van der Waals surface area contributed by atoms with Crippen molar-refractivity contribution in [2.75, 3.05) is 31.5 Å². The number of carbonyl (C=O) groups excluding carboxylic acids is 2. The molecule has 130 valence electrons. The molecule has 2 aromatic rings. The van der Waals surface area contributed by atoms with Crippen LogP contribution in [0.15, 0.2) is 42.5 Å². The van der Waals surface area contributed by atoms with Gasteiger partial charge in [-0.15, -0.1) is 0 Å². The van der Waals surface area contributed by atoms with E-state index in [1.165, 1.54) is 47.4 Å². The highest BCUT2D eigenvalue weighted by Crippen LogP contribution is 2.12. The molecule has 1 aromatic carbocycles. The van der Waals surface area contributed by atoms with E-state index >= 15 is 0 Å². The van der Waals surface area contributed by atoms with Gasteiger partial charge in [-0.1, -0.05) is 6.07 Å². The summed E-state index contributed by atoms with van der Waals surface area (Å²) in [7, 11) is 0. The van der Waals surface area contributed by atoms with Gasteiger partial charge in [0, 0.05) is 31.9 Å². The number of benzene rings is 1. The summed E-state index contributed by atoms with van der Waals surface area (Å²) in [6.45, 7) is 1.34. The number of halogens is 2. The van der Waals surface area contributed by atoms with Crippen LogP contribution >= 0.6 is 0 Å². The summed E-state index contributed by atoms with van der Waals surface area (Å²) in [5, 5.41) is 2.68. The zero-order valence-corrected chi connectivity index (χ0v) is 13.3. The highest BCUT2D eigenvalue weighted by molar-refractivity contribution is 5.93. The summed E-state index contributed by atoms with van der Waals surface area (Å²) in [4.78, 5) is 31.2. The van der Waals surface area contributed by atoms with Crippen molar-refractivity contribution in [3.05, 3.63) is 59.9 Å². The lowest BCUT2D eigenvalue weighted by molar-refractivity contribution is 0.0664. The van der Waals surface area contributed by atoms with Crippen molar-refractivity contribution in [1.82, 2.24) is 14.8 Å². The molecule has 1 N–H and O–H groups in total. The molecule has 0 unspecified atom stereocenters. The minimum Gasteiger partial charge on any atom is -0.334 e. The van der Waals surface area contributed by atoms with E-state index in [1.807, 2.05) is 0 Å². The Bertz CT molecular complexity index is 774. The second kappa shape index (κ2) is 7.25. The Kier molecular flexibility index (Phi) is 4.87. The monoisotopic (exact) mass is 346 g/mol. The zero-order chi connectivity index (χ0) is 17.8. The van der Waals surface area contributed by atoms with Gasteiger partial charge in [0.25, 0.3) is 5.91 Å². The van der Waals surface area contributed by atoms with Gasteiger partial charge in [0.1, 0.15) is 11.5 Å². The number of pyridine rings is 1. The van der Waals surface area contributed by atoms with E-state index in [2.05, 4.69) is 10.3 Å². The fraction of sp³-hybridized carbons (Fsp3) is 0.235. The molecule has 0 aliphatic carbocycles. The molecule has 1 aromatic heterocycles. The van der Waals surface area contributed by atoms with E-state index in [0.717, 1.165) is 0 Å². The summed E-state index contributed by atoms with van der Waals surface area (Å²) < 4.78 is 26.0. The molecule has 0 bridgehead atoms. The molecule has 1 saturated heterocycles. The number of carbonyl (C=O) groups is 2. The standard InChI is InChI=1S/C17H16F2N4O2/c18-12-4-6-13(7-5-12)20-17(25)23-10-8-22(9-11-23)16(24)14-2-1-3-15(19)21-14/h1-7H,8-11H2,(H,20,25). The van der Waals surface area contributed by atoms with Crippen LogP contribution in [0, 0.1) is 11.8 Å². The number of nitrogens with one attached hydrogen (secondary N) is 1. The van der Waals surface area contributed by atoms with Crippen LogP contribution in [0.25, 0.3) is 0 Å². The Morgan fingerprint density at radius 1 is 0.920 bits per heavy atom. The number of piperazine rings is 1. The summed E-state index contributed by atoms with van der Waals surface area (Å²) in [5.41, 5.74) is 0.540. The van der Waals surface area contributed by atoms with Crippen LogP contribution in [0.4, 0.5) is 19.3 Å². The lowest BCUT2D eigenvalue weighted by Crippen LogP contribution is -2.51. The normalized spacial score (nSPS) is 14.3. The van der Waals surface area contributed by atoms with Crippen molar-refractivity contribution >= 4 is 17.6 Å². The molecule has 25 heavy (non-hydrogen) atoms. The van der Waals surface area contributed by atoms with Crippen molar-refractivity contribution in [2.24, 2.45) is 0 Å². The Balaban J connectivity index is 1.55. The molecular formula is C17H16F2N4O2. The van der Waals surface area contributed by atoms with Gasteiger partial charge in [0.2, 0.25) is 5.95 Å². The fourth-order valence-electron chi connectivity index (χ4n) is 2.54. The van der Waals surface area contributed by atoms with Gasteiger partial charge in [-0.05, 0) is 36.4 Å². The number of anilines is 1. The SMILES string of the molecule is O=C(Nc1ccc(F)cc1)N1CCN(C(=O)c2cccc(F)n2)CC1. The first-order valence-electron chi connectivity index (χ1n) is 7.76. The topological polar surface area (TPSA) is 65.5 Å². The van der Waals surface area contributed by atoms with Gasteiger partial charge in [0.05, 0.1) is 0 Å². The largest absolute Gasteiger partial charge is 0.334 e. The molecule has 3 amide bonds. The first-order chi connectivity index (χ1) is 12.0. The highest BCUT2D eigenvalue weighted by Gasteiger charge is 2.25. The quantitative estimate of drug-likeness (QED) is 0.849. The van der Waals surface area contributed by atoms with E-state index < -0.39 is 5.95 Å². The van der Waals surface area contributed by atoms with Gasteiger partial charge < -0.3 is 15.1 Å². The minimum absolute atomic E-state index is 0.0456. The molecule has 6 nitrogen and oxygen atoms in total. The van der Waals surface area contributed by atoms with E-state index in [1.54, 1.807) is 4.90 Å². The number of aromatic nitrogens is 1. The highest BCUT2D eigenvalue weighted by atomic mass is 19.1. The number of amides is 3. The van der Waals surface area contributed by atoms with Crippen LogP contribution in [0.3, 0.4) is 0 Å². The zero-order valence-electron chi connectivity index (χ0n) is 13.3. The Labute approximate surface area is 143 Å². The number of hydrogen-bond acceptors (Lipinski definition) is 3. The summed E-state index contributed by atoms with van der Waals surface area (Å²) >= 11 is 0. The molecule has 3 rings (SSSR count). The van der Waals surface area contributed by atoms with Crippen molar-refractivity contribution in [3.8, 4) is 0 Å². The lowest BCUT2D eigenvalue weighted by atomic mass is 10.2. The van der Waals surface area contributed by atoms with Crippen LogP contribution in [0.5, 0.6) is 0 Å². The van der Waals surface area contributed by atoms with E-state index in [0.29, 0.717) is 31.9 Å². The molecule has 1 aliphatic heterocycles. The molecule has 0 spiro atoms. The first-order valence-corrected chi connectivity index (χ1v) is 7.76. The predicted molar refractivity (Wildman–Crippen MR) is 87.1 cm³/mol. The van der Waals surface area contributed by atoms with E-state index in [9.17, 15) is 18.4 Å². The Morgan fingerprint density at radius 2 is 1.56 bits per heavy atom. The van der Waals surface area contributed by atoms with Crippen LogP contribution in [-0.4, -0.2) is 52.9 Å². The number of hydrogen-bond donors (Lipinski definition) is 1. The van der Waals surface area contributed by atoms with Gasteiger partial charge in [0.15, 0.2) is 0 Å². The van der Waals surface area contributed by atoms with Crippen molar-refractivity contribution in [3.63, 3.8) is 0 Å². The van der Waals surface area contributed by atoms with Gasteiger partial charge in [-0.2, -0.15) is 4.39 Å². The molecule has 0 radical (unpaired) electrons. The molecule has 1 fully saturated rings. The van der Waals surface area contributed by atoms with Crippen LogP contribution in [0.2, 0.25) is 0 Å². The maximum Gasteiger partial charge on any atom is 0.321 e. The average Bonchev–Trinajstić information content (AvgIpc) is 2.63. The molecule has 0 saturated carbocycles. The van der Waals surface area contributed by atoms with E-state index in [-0.39, 0.29) is 23.4 Å². The van der Waals surface area contributed by atoms with Crippen LogP contribution < -0.4 is 5.32 Å². The molecule has 1 aliphatic rings. The van der Waals surface area contributed by atoms with Gasteiger partial charge in [-0.3, -0.25) is 4.79 Å². The predicted octanol–water partition coefficient (Wildman–Crippen LogP) is 2.35. The third-order valence-corrected chi connectivity index (χ3v) is 3.88. The van der Waals surface area contributed by atoms with E-state index in [4.69, 9.17) is 0 Å². The second-order valence-electron chi connectivity index (χ2n) is 5.56. The Morgan fingerprint density at radius 3 is 2.20 bits per heavy atom.